The van der Waals surface area contributed by atoms with E-state index in [2.05, 4.69) is 26.3 Å². The molecule has 1 saturated heterocycles. The van der Waals surface area contributed by atoms with Crippen molar-refractivity contribution in [2.45, 2.75) is 13.3 Å². The molecule has 10 nitrogen and oxygen atoms in total. The van der Waals surface area contributed by atoms with Crippen LogP contribution in [0, 0.1) is 18.3 Å². The molecule has 174 valence electrons. The van der Waals surface area contributed by atoms with Crippen molar-refractivity contribution in [3.05, 3.63) is 35.5 Å². The highest BCUT2D eigenvalue weighted by Crippen LogP contribution is 2.28. The average Bonchev–Trinajstić information content (AvgIpc) is 3.17. The molecule has 0 radical (unpaired) electrons. The molecular formula is C22H27N7O3S. The van der Waals surface area contributed by atoms with Crippen LogP contribution in [0.25, 0.3) is 22.3 Å². The lowest BCUT2D eigenvalue weighted by Crippen LogP contribution is -2.48. The fourth-order valence-electron chi connectivity index (χ4n) is 3.98. The van der Waals surface area contributed by atoms with Crippen LogP contribution in [0.3, 0.4) is 0 Å². The van der Waals surface area contributed by atoms with Gasteiger partial charge in [-0.05, 0) is 43.2 Å². The number of nitrogens with zero attached hydrogens (tertiary/aromatic N) is 7. The van der Waals surface area contributed by atoms with E-state index in [-0.39, 0.29) is 5.69 Å². The molecule has 0 amide bonds. The number of rotatable bonds is 7. The van der Waals surface area contributed by atoms with E-state index in [1.165, 1.54) is 10.6 Å². The molecule has 11 heteroatoms. The lowest BCUT2D eigenvalue weighted by atomic mass is 10.1. The van der Waals surface area contributed by atoms with E-state index in [0.29, 0.717) is 30.9 Å². The van der Waals surface area contributed by atoms with Crippen molar-refractivity contribution >= 4 is 21.1 Å². The molecule has 4 rings (SSSR count). The van der Waals surface area contributed by atoms with E-state index in [1.54, 1.807) is 11.7 Å². The van der Waals surface area contributed by atoms with Crippen LogP contribution in [-0.2, 0) is 17.1 Å². The molecule has 0 aliphatic carbocycles. The molecule has 2 aromatic heterocycles. The molecule has 0 atom stereocenters. The maximum Gasteiger partial charge on any atom is 0.211 e. The van der Waals surface area contributed by atoms with Crippen molar-refractivity contribution in [3.8, 4) is 23.1 Å². The fourth-order valence-corrected chi connectivity index (χ4v) is 4.81. The van der Waals surface area contributed by atoms with E-state index in [9.17, 15) is 13.7 Å². The van der Waals surface area contributed by atoms with Crippen LogP contribution in [-0.4, -0.2) is 83.2 Å². The largest absolute Gasteiger partial charge is 0.493 e. The Hall–Kier alpha value is -3.07. The number of pyridine rings is 1. The third-order valence-corrected chi connectivity index (χ3v) is 7.16. The van der Waals surface area contributed by atoms with E-state index in [1.807, 2.05) is 31.2 Å². The minimum absolute atomic E-state index is 0.256. The molecule has 1 aromatic carbocycles. The number of hydrogen-bond acceptors (Lipinski definition) is 8. The predicted molar refractivity (Wildman–Crippen MR) is 124 cm³/mol. The predicted octanol–water partition coefficient (Wildman–Crippen LogP) is 1.56. The summed E-state index contributed by atoms with van der Waals surface area (Å²) in [6.07, 6.45) is 2.12. The van der Waals surface area contributed by atoms with Gasteiger partial charge in [-0.3, -0.25) is 0 Å². The van der Waals surface area contributed by atoms with Gasteiger partial charge in [0, 0.05) is 45.3 Å². The third kappa shape index (κ3) is 5.13. The van der Waals surface area contributed by atoms with Gasteiger partial charge in [-0.25, -0.2) is 18.1 Å². The van der Waals surface area contributed by atoms with Crippen LogP contribution >= 0.6 is 0 Å². The summed E-state index contributed by atoms with van der Waals surface area (Å²) in [5, 5.41) is 17.4. The first-order valence-corrected chi connectivity index (χ1v) is 12.6. The quantitative estimate of drug-likeness (QED) is 0.479. The topological polar surface area (TPSA) is 117 Å². The minimum Gasteiger partial charge on any atom is -0.493 e. The van der Waals surface area contributed by atoms with Gasteiger partial charge in [0.15, 0.2) is 5.69 Å². The van der Waals surface area contributed by atoms with Gasteiger partial charge < -0.3 is 9.64 Å². The van der Waals surface area contributed by atoms with Crippen molar-refractivity contribution in [1.29, 1.82) is 5.26 Å². The standard InChI is InChI=1S/C22H27N7O3S/c1-16-13-17(18-14-20-22(19(15-23)24-18)25-26-27(20)2)5-6-21(16)32-12-4-7-28-8-10-29(11-9-28)33(3,30)31/h5-6,13-14H,4,7-12H2,1-3H3. The Morgan fingerprint density at radius 2 is 1.94 bits per heavy atom. The normalized spacial score (nSPS) is 15.6. The molecule has 0 bridgehead atoms. The summed E-state index contributed by atoms with van der Waals surface area (Å²) in [5.41, 5.74) is 4.07. The molecule has 33 heavy (non-hydrogen) atoms. The van der Waals surface area contributed by atoms with Gasteiger partial charge in [0.05, 0.1) is 24.1 Å². The SMILES string of the molecule is Cc1cc(-c2cc3c(nnn3C)c(C#N)n2)ccc1OCCCN1CCN(S(C)(=O)=O)CC1. The lowest BCUT2D eigenvalue weighted by molar-refractivity contribution is 0.175. The van der Waals surface area contributed by atoms with Gasteiger partial charge in [-0.2, -0.15) is 9.57 Å². The first-order chi connectivity index (χ1) is 15.8. The summed E-state index contributed by atoms with van der Waals surface area (Å²) in [4.78, 5) is 6.72. The second kappa shape index (κ2) is 9.43. The molecule has 1 aliphatic heterocycles. The lowest BCUT2D eigenvalue weighted by Gasteiger charge is -2.33. The Kier molecular flexibility index (Phi) is 6.60. The molecule has 0 saturated carbocycles. The van der Waals surface area contributed by atoms with E-state index >= 15 is 0 Å². The molecule has 3 aromatic rings. The summed E-state index contributed by atoms with van der Waals surface area (Å²) in [5.74, 6) is 0.810. The summed E-state index contributed by atoms with van der Waals surface area (Å²) in [6.45, 7) is 6.01. The molecule has 0 unspecified atom stereocenters. The van der Waals surface area contributed by atoms with Gasteiger partial charge in [0.2, 0.25) is 10.0 Å². The number of sulfonamides is 1. The number of fused-ring (bicyclic) bond motifs is 1. The Labute approximate surface area is 193 Å². The van der Waals surface area contributed by atoms with Crippen molar-refractivity contribution in [2.24, 2.45) is 7.05 Å². The van der Waals surface area contributed by atoms with Crippen LogP contribution in [0.2, 0.25) is 0 Å². The Morgan fingerprint density at radius 3 is 2.61 bits per heavy atom. The second-order valence-electron chi connectivity index (χ2n) is 8.23. The zero-order valence-corrected chi connectivity index (χ0v) is 19.8. The first-order valence-electron chi connectivity index (χ1n) is 10.8. The number of aryl methyl sites for hydroxylation is 2. The zero-order valence-electron chi connectivity index (χ0n) is 19.0. The Balaban J connectivity index is 1.35. The highest BCUT2D eigenvalue weighted by molar-refractivity contribution is 7.88. The van der Waals surface area contributed by atoms with Gasteiger partial charge in [-0.15, -0.1) is 5.10 Å². The summed E-state index contributed by atoms with van der Waals surface area (Å²) < 4.78 is 32.4. The number of piperazine rings is 1. The van der Waals surface area contributed by atoms with E-state index in [0.717, 1.165) is 48.4 Å². The van der Waals surface area contributed by atoms with Crippen LogP contribution in [0.15, 0.2) is 24.3 Å². The monoisotopic (exact) mass is 469 g/mol. The van der Waals surface area contributed by atoms with E-state index in [4.69, 9.17) is 4.74 Å². The highest BCUT2D eigenvalue weighted by Gasteiger charge is 2.22. The first kappa shape index (κ1) is 23.1. The summed E-state index contributed by atoms with van der Waals surface area (Å²) >= 11 is 0. The molecule has 0 spiro atoms. The smallest absolute Gasteiger partial charge is 0.211 e. The van der Waals surface area contributed by atoms with Crippen LogP contribution in [0.4, 0.5) is 0 Å². The molecule has 1 fully saturated rings. The summed E-state index contributed by atoms with van der Waals surface area (Å²) in [6, 6.07) is 9.85. The van der Waals surface area contributed by atoms with Gasteiger partial charge >= 0.3 is 0 Å². The minimum atomic E-state index is -3.10. The molecular weight excluding hydrogens is 442 g/mol. The molecule has 0 N–H and O–H groups in total. The number of nitriles is 1. The Bertz CT molecular complexity index is 1310. The van der Waals surface area contributed by atoms with Crippen LogP contribution in [0.1, 0.15) is 17.7 Å². The van der Waals surface area contributed by atoms with Crippen LogP contribution < -0.4 is 4.74 Å². The number of hydrogen-bond donors (Lipinski definition) is 0. The number of aromatic nitrogens is 4. The van der Waals surface area contributed by atoms with Crippen molar-refractivity contribution in [1.82, 2.24) is 29.2 Å². The maximum atomic E-state index is 11.6. The van der Waals surface area contributed by atoms with Crippen molar-refractivity contribution < 1.29 is 13.2 Å². The molecule has 3 heterocycles. The number of ether oxygens (including phenoxy) is 1. The highest BCUT2D eigenvalue weighted by atomic mass is 32.2. The maximum absolute atomic E-state index is 11.6. The van der Waals surface area contributed by atoms with Crippen molar-refractivity contribution in [3.63, 3.8) is 0 Å². The van der Waals surface area contributed by atoms with Gasteiger partial charge in [0.1, 0.15) is 17.3 Å². The average molecular weight is 470 g/mol. The Morgan fingerprint density at radius 1 is 1.18 bits per heavy atom. The van der Waals surface area contributed by atoms with Crippen molar-refractivity contribution in [2.75, 3.05) is 45.6 Å². The fraction of sp³-hybridized carbons (Fsp3) is 0.455. The van der Waals surface area contributed by atoms with Crippen LogP contribution in [0.5, 0.6) is 5.75 Å². The third-order valence-electron chi connectivity index (χ3n) is 5.85. The van der Waals surface area contributed by atoms with Gasteiger partial charge in [0.25, 0.3) is 0 Å². The zero-order chi connectivity index (χ0) is 23.6. The van der Waals surface area contributed by atoms with E-state index < -0.39 is 10.0 Å². The number of benzene rings is 1. The second-order valence-corrected chi connectivity index (χ2v) is 10.2. The summed E-state index contributed by atoms with van der Waals surface area (Å²) in [7, 11) is -1.31. The van der Waals surface area contributed by atoms with Gasteiger partial charge in [-0.1, -0.05) is 5.21 Å². The molecule has 1 aliphatic rings.